The van der Waals surface area contributed by atoms with Gasteiger partial charge in [0.05, 0.1) is 17.7 Å². The number of hydrogen-bond donors (Lipinski definition) is 1. The highest BCUT2D eigenvalue weighted by molar-refractivity contribution is 5.94. The van der Waals surface area contributed by atoms with Gasteiger partial charge < -0.3 is 10.2 Å². The summed E-state index contributed by atoms with van der Waals surface area (Å²) in [6.07, 6.45) is 6.17. The molecule has 7 heteroatoms. The molecule has 1 atom stereocenters. The molecule has 1 aromatic carbocycles. The van der Waals surface area contributed by atoms with Gasteiger partial charge in [-0.3, -0.25) is 14.6 Å². The Labute approximate surface area is 175 Å². The minimum absolute atomic E-state index is 0.0415. The van der Waals surface area contributed by atoms with Crippen LogP contribution in [0.5, 0.6) is 0 Å². The van der Waals surface area contributed by atoms with Crippen LogP contribution >= 0.6 is 0 Å². The van der Waals surface area contributed by atoms with Crippen LogP contribution in [0.15, 0.2) is 42.7 Å². The fraction of sp³-hybridized carbons (Fsp3) is 0.391. The number of pyridine rings is 1. The zero-order valence-electron chi connectivity index (χ0n) is 17.1. The average molecular weight is 408 g/mol. The highest BCUT2D eigenvalue weighted by Gasteiger charge is 2.30. The molecule has 1 aliphatic carbocycles. The van der Waals surface area contributed by atoms with Crippen molar-refractivity contribution in [1.29, 1.82) is 5.26 Å². The number of nitrogens with zero attached hydrogens (tertiary/aromatic N) is 3. The normalized spacial score (nSPS) is 19.4. The van der Waals surface area contributed by atoms with Crippen LogP contribution in [-0.4, -0.2) is 34.8 Å². The van der Waals surface area contributed by atoms with E-state index in [2.05, 4.69) is 10.3 Å². The summed E-state index contributed by atoms with van der Waals surface area (Å²) in [4.78, 5) is 31.1. The number of aromatic nitrogens is 1. The predicted molar refractivity (Wildman–Crippen MR) is 110 cm³/mol. The smallest absolute Gasteiger partial charge is 0.251 e. The SMILES string of the molecule is CC(c1ccncc1)N(C)C(=O)C1CCC(NC(=O)c2cc(F)cc(C#N)c2)CC1. The molecule has 0 aliphatic heterocycles. The Morgan fingerprint density at radius 1 is 1.20 bits per heavy atom. The van der Waals surface area contributed by atoms with Crippen LogP contribution in [0.2, 0.25) is 0 Å². The summed E-state index contributed by atoms with van der Waals surface area (Å²) in [6.45, 7) is 1.99. The summed E-state index contributed by atoms with van der Waals surface area (Å²) in [6, 6.07) is 9.15. The van der Waals surface area contributed by atoms with E-state index in [4.69, 9.17) is 5.26 Å². The second-order valence-electron chi connectivity index (χ2n) is 7.77. The maximum Gasteiger partial charge on any atom is 0.251 e. The maximum absolute atomic E-state index is 13.6. The van der Waals surface area contributed by atoms with Gasteiger partial charge >= 0.3 is 0 Å². The van der Waals surface area contributed by atoms with Gasteiger partial charge in [0.2, 0.25) is 5.91 Å². The summed E-state index contributed by atoms with van der Waals surface area (Å²) < 4.78 is 13.6. The van der Waals surface area contributed by atoms with Gasteiger partial charge in [-0.15, -0.1) is 0 Å². The van der Waals surface area contributed by atoms with Gasteiger partial charge in [0.1, 0.15) is 5.82 Å². The van der Waals surface area contributed by atoms with Crippen LogP contribution in [0.4, 0.5) is 4.39 Å². The lowest BCUT2D eigenvalue weighted by Gasteiger charge is -2.33. The third-order valence-electron chi connectivity index (χ3n) is 5.82. The molecule has 1 N–H and O–H groups in total. The van der Waals surface area contributed by atoms with Crippen molar-refractivity contribution in [3.05, 3.63) is 65.2 Å². The molecule has 3 rings (SSSR count). The zero-order chi connectivity index (χ0) is 21.7. The van der Waals surface area contributed by atoms with Crippen LogP contribution < -0.4 is 5.32 Å². The van der Waals surface area contributed by atoms with E-state index in [1.165, 1.54) is 6.07 Å². The van der Waals surface area contributed by atoms with Crippen LogP contribution in [0.3, 0.4) is 0 Å². The highest BCUT2D eigenvalue weighted by atomic mass is 19.1. The Balaban J connectivity index is 1.54. The number of hydrogen-bond acceptors (Lipinski definition) is 4. The Morgan fingerprint density at radius 3 is 2.50 bits per heavy atom. The monoisotopic (exact) mass is 408 g/mol. The van der Waals surface area contributed by atoms with Gasteiger partial charge in [-0.1, -0.05) is 0 Å². The van der Waals surface area contributed by atoms with Gasteiger partial charge in [0.15, 0.2) is 0 Å². The number of rotatable bonds is 5. The van der Waals surface area contributed by atoms with Crippen LogP contribution in [-0.2, 0) is 4.79 Å². The van der Waals surface area contributed by atoms with Crippen LogP contribution in [0.1, 0.15) is 60.1 Å². The molecule has 0 saturated heterocycles. The minimum Gasteiger partial charge on any atom is -0.349 e. The second kappa shape index (κ2) is 9.49. The summed E-state index contributed by atoms with van der Waals surface area (Å²) in [5.41, 5.74) is 1.28. The van der Waals surface area contributed by atoms with Gasteiger partial charge in [-0.05, 0) is 68.5 Å². The predicted octanol–water partition coefficient (Wildman–Crippen LogP) is 3.60. The molecule has 0 radical (unpaired) electrons. The maximum atomic E-state index is 13.6. The molecule has 1 unspecified atom stereocenters. The lowest BCUT2D eigenvalue weighted by atomic mass is 9.84. The first kappa shape index (κ1) is 21.4. The van der Waals surface area contributed by atoms with Crippen molar-refractivity contribution in [2.45, 2.75) is 44.7 Å². The van der Waals surface area contributed by atoms with Crippen molar-refractivity contribution in [1.82, 2.24) is 15.2 Å². The number of halogens is 1. The van der Waals surface area contributed by atoms with Crippen molar-refractivity contribution in [3.63, 3.8) is 0 Å². The molecule has 1 saturated carbocycles. The van der Waals surface area contributed by atoms with Gasteiger partial charge in [-0.2, -0.15) is 5.26 Å². The van der Waals surface area contributed by atoms with E-state index in [-0.39, 0.29) is 35.0 Å². The molecule has 1 fully saturated rings. The van der Waals surface area contributed by atoms with E-state index in [0.29, 0.717) is 25.7 Å². The second-order valence-corrected chi connectivity index (χ2v) is 7.77. The molecule has 30 heavy (non-hydrogen) atoms. The first-order valence-corrected chi connectivity index (χ1v) is 10.1. The number of carbonyl (C=O) groups is 2. The van der Waals surface area contributed by atoms with Crippen molar-refractivity contribution in [2.24, 2.45) is 5.92 Å². The fourth-order valence-corrected chi connectivity index (χ4v) is 3.88. The van der Waals surface area contributed by atoms with Gasteiger partial charge in [-0.25, -0.2) is 4.39 Å². The number of nitrogens with one attached hydrogen (secondary N) is 1. The standard InChI is InChI=1S/C23H25FN4O2/c1-15(17-7-9-26-10-8-17)28(2)23(30)18-3-5-21(6-4-18)27-22(29)19-11-16(14-25)12-20(24)13-19/h7-13,15,18,21H,3-6H2,1-2H3,(H,27,29). The molecule has 0 bridgehead atoms. The van der Waals surface area contributed by atoms with Crippen molar-refractivity contribution in [2.75, 3.05) is 7.05 Å². The number of nitriles is 1. The van der Waals surface area contributed by atoms with Crippen molar-refractivity contribution < 1.29 is 14.0 Å². The Bertz CT molecular complexity index is 949. The lowest BCUT2D eigenvalue weighted by molar-refractivity contribution is -0.137. The topological polar surface area (TPSA) is 86.1 Å². The fourth-order valence-electron chi connectivity index (χ4n) is 3.88. The Hall–Kier alpha value is -3.27. The molecular formula is C23H25FN4O2. The van der Waals surface area contributed by atoms with Gasteiger partial charge in [0, 0.05) is 37.0 Å². The van der Waals surface area contributed by atoms with E-state index in [1.54, 1.807) is 17.3 Å². The molecule has 156 valence electrons. The zero-order valence-corrected chi connectivity index (χ0v) is 17.1. The van der Waals surface area contributed by atoms with E-state index in [0.717, 1.165) is 17.7 Å². The number of amides is 2. The van der Waals surface area contributed by atoms with Crippen LogP contribution in [0.25, 0.3) is 0 Å². The van der Waals surface area contributed by atoms with Crippen LogP contribution in [0, 0.1) is 23.1 Å². The largest absolute Gasteiger partial charge is 0.349 e. The quantitative estimate of drug-likeness (QED) is 0.819. The first-order valence-electron chi connectivity index (χ1n) is 10.1. The van der Waals surface area contributed by atoms with E-state index >= 15 is 0 Å². The summed E-state index contributed by atoms with van der Waals surface area (Å²) in [5.74, 6) is -0.983. The van der Waals surface area contributed by atoms with Crippen molar-refractivity contribution >= 4 is 11.8 Å². The highest BCUT2D eigenvalue weighted by Crippen LogP contribution is 2.29. The third kappa shape index (κ3) is 5.01. The van der Waals surface area contributed by atoms with Crippen molar-refractivity contribution in [3.8, 4) is 6.07 Å². The molecular weight excluding hydrogens is 383 g/mol. The summed E-state index contributed by atoms with van der Waals surface area (Å²) in [7, 11) is 1.82. The molecule has 2 amide bonds. The average Bonchev–Trinajstić information content (AvgIpc) is 2.78. The summed E-state index contributed by atoms with van der Waals surface area (Å²) in [5, 5.41) is 11.8. The Morgan fingerprint density at radius 2 is 1.87 bits per heavy atom. The molecule has 0 spiro atoms. The first-order chi connectivity index (χ1) is 14.4. The van der Waals surface area contributed by atoms with E-state index in [1.807, 2.05) is 32.2 Å². The molecule has 1 aromatic heterocycles. The van der Waals surface area contributed by atoms with E-state index < -0.39 is 11.7 Å². The molecule has 6 nitrogen and oxygen atoms in total. The molecule has 1 aliphatic rings. The summed E-state index contributed by atoms with van der Waals surface area (Å²) >= 11 is 0. The number of benzene rings is 1. The minimum atomic E-state index is -0.611. The van der Waals surface area contributed by atoms with E-state index in [9.17, 15) is 14.0 Å². The molecule has 2 aromatic rings. The lowest BCUT2D eigenvalue weighted by Crippen LogP contribution is -2.42. The number of carbonyl (C=O) groups excluding carboxylic acids is 2. The Kier molecular flexibility index (Phi) is 6.78. The third-order valence-corrected chi connectivity index (χ3v) is 5.82. The molecule has 1 heterocycles. The van der Waals surface area contributed by atoms with Gasteiger partial charge in [0.25, 0.3) is 5.91 Å².